The second-order valence-electron chi connectivity index (χ2n) is 4.84. The van der Waals surface area contributed by atoms with Gasteiger partial charge < -0.3 is 10.6 Å². The monoisotopic (exact) mass is 292 g/mol. The van der Waals surface area contributed by atoms with Crippen molar-refractivity contribution in [2.45, 2.75) is 18.9 Å². The number of rotatable bonds is 6. The van der Waals surface area contributed by atoms with E-state index < -0.39 is 0 Å². The minimum Gasteiger partial charge on any atom is -0.352 e. The van der Waals surface area contributed by atoms with Crippen LogP contribution in [0.15, 0.2) is 11.4 Å². The topological polar surface area (TPSA) is 85.2 Å². The molecule has 0 saturated heterocycles. The van der Waals surface area contributed by atoms with E-state index in [0.29, 0.717) is 16.6 Å². The molecule has 1 heterocycles. The van der Waals surface area contributed by atoms with E-state index in [1.54, 1.807) is 23.4 Å². The first-order valence-electron chi connectivity index (χ1n) is 6.34. The number of carbonyl (C=O) groups excluding carboxylic acids is 2. The van der Waals surface area contributed by atoms with Gasteiger partial charge in [-0.1, -0.05) is 0 Å². The number of amides is 2. The summed E-state index contributed by atoms with van der Waals surface area (Å²) in [6.07, 6.45) is 2.09. The summed E-state index contributed by atoms with van der Waals surface area (Å²) in [6.45, 7) is 0.306. The molecule has 20 heavy (non-hydrogen) atoms. The second-order valence-corrected chi connectivity index (χ2v) is 5.75. The van der Waals surface area contributed by atoms with Gasteiger partial charge in [0.2, 0.25) is 11.8 Å². The Hall–Kier alpha value is -1.91. The van der Waals surface area contributed by atoms with Crippen molar-refractivity contribution in [3.8, 4) is 6.07 Å². The van der Waals surface area contributed by atoms with Crippen molar-refractivity contribution in [2.24, 2.45) is 0 Å². The molecule has 0 aromatic carbocycles. The minimum absolute atomic E-state index is 0.0587. The predicted octanol–water partition coefficient (Wildman–Crippen LogP) is 0.769. The molecule has 0 radical (unpaired) electrons. The van der Waals surface area contributed by atoms with E-state index in [0.717, 1.165) is 12.8 Å². The van der Waals surface area contributed by atoms with Gasteiger partial charge in [0.05, 0.1) is 18.7 Å². The fraction of sp³-hybridized carbons (Fsp3) is 0.462. The molecule has 6 nitrogen and oxygen atoms in total. The van der Waals surface area contributed by atoms with E-state index in [4.69, 9.17) is 5.26 Å². The smallest absolute Gasteiger partial charge is 0.239 e. The van der Waals surface area contributed by atoms with Crippen molar-refractivity contribution in [3.63, 3.8) is 0 Å². The summed E-state index contributed by atoms with van der Waals surface area (Å²) in [6, 6.07) is 4.00. The highest BCUT2D eigenvalue weighted by Crippen LogP contribution is 2.21. The summed E-state index contributed by atoms with van der Waals surface area (Å²) >= 11 is 1.31. The van der Waals surface area contributed by atoms with Gasteiger partial charge in [-0.2, -0.15) is 5.26 Å². The van der Waals surface area contributed by atoms with Gasteiger partial charge in [-0.05, 0) is 31.3 Å². The Morgan fingerprint density at radius 3 is 2.80 bits per heavy atom. The molecule has 2 N–H and O–H groups in total. The SMILES string of the molecule is CN(CC(=O)Nc1sccc1C#N)CC(=O)NC1CC1. The normalized spacial score (nSPS) is 13.8. The van der Waals surface area contributed by atoms with E-state index in [-0.39, 0.29) is 24.9 Å². The van der Waals surface area contributed by atoms with Crippen LogP contribution in [-0.2, 0) is 9.59 Å². The lowest BCUT2D eigenvalue weighted by Crippen LogP contribution is -2.39. The zero-order valence-electron chi connectivity index (χ0n) is 11.2. The first-order valence-corrected chi connectivity index (χ1v) is 7.22. The fourth-order valence-electron chi connectivity index (χ4n) is 1.71. The van der Waals surface area contributed by atoms with E-state index in [1.807, 2.05) is 6.07 Å². The molecule has 0 spiro atoms. The van der Waals surface area contributed by atoms with Crippen LogP contribution in [0.2, 0.25) is 0 Å². The van der Waals surface area contributed by atoms with Gasteiger partial charge in [-0.3, -0.25) is 14.5 Å². The maximum atomic E-state index is 11.8. The van der Waals surface area contributed by atoms with E-state index in [2.05, 4.69) is 10.6 Å². The van der Waals surface area contributed by atoms with Crippen LogP contribution in [0.5, 0.6) is 0 Å². The zero-order valence-corrected chi connectivity index (χ0v) is 12.0. The number of carbonyl (C=O) groups is 2. The molecule has 0 atom stereocenters. The van der Waals surface area contributed by atoms with Crippen LogP contribution in [0.1, 0.15) is 18.4 Å². The van der Waals surface area contributed by atoms with Crippen molar-refractivity contribution in [2.75, 3.05) is 25.5 Å². The molecule has 1 aromatic heterocycles. The molecule has 2 rings (SSSR count). The third-order valence-corrected chi connectivity index (χ3v) is 3.64. The number of nitrogens with zero attached hydrogens (tertiary/aromatic N) is 2. The minimum atomic E-state index is -0.231. The molecule has 7 heteroatoms. The summed E-state index contributed by atoms with van der Waals surface area (Å²) in [5.74, 6) is -0.290. The number of anilines is 1. The van der Waals surface area contributed by atoms with Gasteiger partial charge in [-0.25, -0.2) is 0 Å². The first kappa shape index (κ1) is 14.5. The third-order valence-electron chi connectivity index (χ3n) is 2.81. The van der Waals surface area contributed by atoms with E-state index in [9.17, 15) is 9.59 Å². The molecular formula is C13H16N4O2S. The lowest BCUT2D eigenvalue weighted by molar-refractivity contribution is -0.123. The van der Waals surface area contributed by atoms with Gasteiger partial charge in [0.15, 0.2) is 0 Å². The Kier molecular flexibility index (Phi) is 4.71. The molecule has 0 bridgehead atoms. The van der Waals surface area contributed by atoms with Gasteiger partial charge >= 0.3 is 0 Å². The average Bonchev–Trinajstić information content (AvgIpc) is 3.05. The number of likely N-dealkylation sites (N-methyl/N-ethyl adjacent to an activating group) is 1. The van der Waals surface area contributed by atoms with Crippen molar-refractivity contribution in [1.29, 1.82) is 5.26 Å². The zero-order chi connectivity index (χ0) is 14.5. The van der Waals surface area contributed by atoms with Crippen LogP contribution in [0.3, 0.4) is 0 Å². The number of hydrogen-bond acceptors (Lipinski definition) is 5. The largest absolute Gasteiger partial charge is 0.352 e. The van der Waals surface area contributed by atoms with Crippen LogP contribution < -0.4 is 10.6 Å². The number of nitrogens with one attached hydrogen (secondary N) is 2. The Balaban J connectivity index is 1.75. The van der Waals surface area contributed by atoms with Crippen LogP contribution >= 0.6 is 11.3 Å². The Morgan fingerprint density at radius 1 is 1.45 bits per heavy atom. The Morgan fingerprint density at radius 2 is 2.15 bits per heavy atom. The van der Waals surface area contributed by atoms with Gasteiger partial charge in [0, 0.05) is 6.04 Å². The maximum Gasteiger partial charge on any atom is 0.239 e. The lowest BCUT2D eigenvalue weighted by Gasteiger charge is -2.15. The van der Waals surface area contributed by atoms with Gasteiger partial charge in [0.25, 0.3) is 0 Å². The van der Waals surface area contributed by atoms with E-state index in [1.165, 1.54) is 11.3 Å². The standard InChI is InChI=1S/C13H16N4O2S/c1-17(7-11(18)15-10-2-3-10)8-12(19)16-13-9(6-14)4-5-20-13/h4-5,10H,2-3,7-8H2,1H3,(H,15,18)(H,16,19). The van der Waals surface area contributed by atoms with Crippen molar-refractivity contribution in [3.05, 3.63) is 17.0 Å². The summed E-state index contributed by atoms with van der Waals surface area (Å²) < 4.78 is 0. The second kappa shape index (κ2) is 6.50. The summed E-state index contributed by atoms with van der Waals surface area (Å²) in [5, 5.41) is 16.7. The number of thiophene rings is 1. The lowest BCUT2D eigenvalue weighted by atomic mass is 10.3. The molecule has 2 amide bonds. The number of hydrogen-bond donors (Lipinski definition) is 2. The maximum absolute atomic E-state index is 11.8. The van der Waals surface area contributed by atoms with Crippen LogP contribution in [0.4, 0.5) is 5.00 Å². The quantitative estimate of drug-likeness (QED) is 0.811. The van der Waals surface area contributed by atoms with Gasteiger partial charge in [-0.15, -0.1) is 11.3 Å². The highest BCUT2D eigenvalue weighted by molar-refractivity contribution is 7.14. The Labute approximate surface area is 121 Å². The molecule has 1 aromatic rings. The molecule has 106 valence electrons. The molecule has 1 aliphatic carbocycles. The fourth-order valence-corrected chi connectivity index (χ4v) is 2.46. The highest BCUT2D eigenvalue weighted by atomic mass is 32.1. The first-order chi connectivity index (χ1) is 9.58. The molecule has 0 unspecified atom stereocenters. The van der Waals surface area contributed by atoms with Crippen molar-refractivity contribution < 1.29 is 9.59 Å². The van der Waals surface area contributed by atoms with Crippen LogP contribution in [0.25, 0.3) is 0 Å². The summed E-state index contributed by atoms with van der Waals surface area (Å²) in [7, 11) is 1.71. The average molecular weight is 292 g/mol. The Bertz CT molecular complexity index is 545. The van der Waals surface area contributed by atoms with Crippen molar-refractivity contribution >= 4 is 28.2 Å². The molecular weight excluding hydrogens is 276 g/mol. The molecule has 1 saturated carbocycles. The van der Waals surface area contributed by atoms with Crippen molar-refractivity contribution in [1.82, 2.24) is 10.2 Å². The molecule has 1 fully saturated rings. The third kappa shape index (κ3) is 4.33. The van der Waals surface area contributed by atoms with E-state index >= 15 is 0 Å². The predicted molar refractivity (Wildman–Crippen MR) is 76.3 cm³/mol. The molecule has 0 aliphatic heterocycles. The summed E-state index contributed by atoms with van der Waals surface area (Å²) in [4.78, 5) is 25.0. The van der Waals surface area contributed by atoms with Crippen LogP contribution in [0, 0.1) is 11.3 Å². The summed E-state index contributed by atoms with van der Waals surface area (Å²) in [5.41, 5.74) is 0.456. The van der Waals surface area contributed by atoms with Gasteiger partial charge in [0.1, 0.15) is 11.1 Å². The molecule has 1 aliphatic rings. The highest BCUT2D eigenvalue weighted by Gasteiger charge is 2.23. The van der Waals surface area contributed by atoms with Crippen LogP contribution in [-0.4, -0.2) is 42.9 Å². The number of nitriles is 1.